The molecule has 1 saturated heterocycles. The van der Waals surface area contributed by atoms with Crippen molar-refractivity contribution in [2.75, 3.05) is 23.7 Å². The van der Waals surface area contributed by atoms with Crippen LogP contribution < -0.4 is 16.4 Å². The van der Waals surface area contributed by atoms with Crippen LogP contribution in [0.2, 0.25) is 0 Å². The molecule has 4 rings (SSSR count). The number of likely N-dealkylation sites (tertiary alicyclic amines) is 1. The van der Waals surface area contributed by atoms with Crippen LogP contribution in [0.15, 0.2) is 18.5 Å². The largest absolute Gasteiger partial charge is 0.406 e. The van der Waals surface area contributed by atoms with Gasteiger partial charge < -0.3 is 26.7 Å². The summed E-state index contributed by atoms with van der Waals surface area (Å²) in [5.41, 5.74) is 5.23. The number of hydrogen-bond acceptors (Lipinski definition) is 6. The molecule has 2 fully saturated rings. The molecule has 6 N–H and O–H groups in total. The fourth-order valence-electron chi connectivity index (χ4n) is 4.41. The van der Waals surface area contributed by atoms with Gasteiger partial charge in [-0.1, -0.05) is 13.8 Å². The average molecular weight is 479 g/mol. The van der Waals surface area contributed by atoms with Gasteiger partial charge in [0.1, 0.15) is 11.2 Å². The van der Waals surface area contributed by atoms with E-state index >= 15 is 0 Å². The van der Waals surface area contributed by atoms with Crippen LogP contribution in [0.4, 0.5) is 29.3 Å². The topological polar surface area (TPSA) is 136 Å². The smallest absolute Gasteiger partial charge is 0.384 e. The molecule has 1 aliphatic carbocycles. The molecule has 34 heavy (non-hydrogen) atoms. The Balaban J connectivity index is 1.53. The third-order valence-corrected chi connectivity index (χ3v) is 6.56. The van der Waals surface area contributed by atoms with Crippen molar-refractivity contribution in [3.05, 3.63) is 24.0 Å². The molecule has 2 aromatic heterocycles. The molecule has 1 atom stereocenters. The molecule has 0 radical (unpaired) electrons. The quantitative estimate of drug-likeness (QED) is 0.401. The second kappa shape index (κ2) is 8.57. The van der Waals surface area contributed by atoms with E-state index in [-0.39, 0.29) is 19.4 Å². The van der Waals surface area contributed by atoms with E-state index in [0.29, 0.717) is 47.9 Å². The van der Waals surface area contributed by atoms with E-state index in [1.807, 2.05) is 0 Å². The first-order valence-electron chi connectivity index (χ1n) is 11.2. The Morgan fingerprint density at radius 1 is 1.32 bits per heavy atom. The van der Waals surface area contributed by atoms with Crippen molar-refractivity contribution in [1.29, 1.82) is 5.41 Å². The van der Waals surface area contributed by atoms with E-state index in [1.54, 1.807) is 12.3 Å². The number of aromatic amines is 1. The summed E-state index contributed by atoms with van der Waals surface area (Å²) in [5, 5.41) is 20.5. The summed E-state index contributed by atoms with van der Waals surface area (Å²) in [5.74, 6) is 0.390. The first kappa shape index (κ1) is 24.0. The Morgan fingerprint density at radius 2 is 2.06 bits per heavy atom. The molecule has 2 aliphatic rings. The van der Waals surface area contributed by atoms with E-state index in [4.69, 9.17) is 11.1 Å². The molecular formula is C22H29F3N8O. The molecule has 2 aromatic rings. The number of nitrogens with zero attached hydrogens (tertiary/aromatic N) is 3. The van der Waals surface area contributed by atoms with Gasteiger partial charge in [-0.05, 0) is 37.7 Å². The van der Waals surface area contributed by atoms with Crippen molar-refractivity contribution in [3.63, 3.8) is 0 Å². The van der Waals surface area contributed by atoms with Crippen molar-refractivity contribution in [2.45, 2.75) is 56.8 Å². The maximum Gasteiger partial charge on any atom is 0.406 e. The third kappa shape index (κ3) is 4.46. The summed E-state index contributed by atoms with van der Waals surface area (Å²) in [6.07, 6.45) is 0.0222. The number of rotatable bonds is 6. The van der Waals surface area contributed by atoms with Crippen molar-refractivity contribution in [3.8, 4) is 11.4 Å². The van der Waals surface area contributed by atoms with Crippen molar-refractivity contribution >= 4 is 23.6 Å². The molecule has 0 aromatic carbocycles. The van der Waals surface area contributed by atoms with Crippen molar-refractivity contribution in [2.24, 2.45) is 11.7 Å². The molecular weight excluding hydrogens is 449 g/mol. The Bertz CT molecular complexity index is 1080. The fourth-order valence-corrected chi connectivity index (χ4v) is 4.41. The highest BCUT2D eigenvalue weighted by molar-refractivity contribution is 5.94. The number of anilines is 2. The molecule has 1 spiro atoms. The molecule has 3 heterocycles. The SMILES string of the molecule is CC(C)CNc1cc(-c2[nH]ncc2NC(=O)N2CCC(N)(C(F)(F)F)CC23CC3)ncc1C=N. The van der Waals surface area contributed by atoms with Gasteiger partial charge in [-0.15, -0.1) is 0 Å². The monoisotopic (exact) mass is 478 g/mol. The molecule has 1 saturated carbocycles. The molecule has 2 amide bonds. The Kier molecular flexibility index (Phi) is 6.05. The lowest BCUT2D eigenvalue weighted by molar-refractivity contribution is -0.201. The van der Waals surface area contributed by atoms with Crippen molar-refractivity contribution < 1.29 is 18.0 Å². The Morgan fingerprint density at radius 3 is 2.68 bits per heavy atom. The summed E-state index contributed by atoms with van der Waals surface area (Å²) in [6, 6.07) is 1.28. The number of nitrogens with two attached hydrogens (primary N) is 1. The lowest BCUT2D eigenvalue weighted by Crippen LogP contribution is -2.64. The van der Waals surface area contributed by atoms with Gasteiger partial charge in [0.05, 0.1) is 17.6 Å². The lowest BCUT2D eigenvalue weighted by atomic mass is 9.82. The minimum atomic E-state index is -4.52. The second-order valence-corrected chi connectivity index (χ2v) is 9.62. The number of carbonyl (C=O) groups is 1. The van der Waals surface area contributed by atoms with Gasteiger partial charge >= 0.3 is 12.2 Å². The van der Waals surface area contributed by atoms with Crippen LogP contribution in [0.25, 0.3) is 11.4 Å². The van der Waals surface area contributed by atoms with Gasteiger partial charge in [-0.3, -0.25) is 10.1 Å². The summed E-state index contributed by atoms with van der Waals surface area (Å²) >= 11 is 0. The van der Waals surface area contributed by atoms with E-state index in [0.717, 1.165) is 5.69 Å². The number of H-pyrrole nitrogens is 1. The van der Waals surface area contributed by atoms with Crippen LogP contribution in [0.1, 0.15) is 45.1 Å². The molecule has 12 heteroatoms. The van der Waals surface area contributed by atoms with Gasteiger partial charge in [0.15, 0.2) is 0 Å². The number of pyridine rings is 1. The number of alkyl halides is 3. The van der Waals surface area contributed by atoms with Gasteiger partial charge in [0.2, 0.25) is 0 Å². The van der Waals surface area contributed by atoms with Crippen molar-refractivity contribution in [1.82, 2.24) is 20.1 Å². The van der Waals surface area contributed by atoms with Gasteiger partial charge in [0, 0.05) is 42.3 Å². The van der Waals surface area contributed by atoms with Gasteiger partial charge in [-0.25, -0.2) is 4.79 Å². The predicted octanol–water partition coefficient (Wildman–Crippen LogP) is 3.96. The number of urea groups is 1. The van der Waals surface area contributed by atoms with E-state index in [1.165, 1.54) is 17.3 Å². The molecule has 0 bridgehead atoms. The first-order valence-corrected chi connectivity index (χ1v) is 11.2. The molecule has 9 nitrogen and oxygen atoms in total. The number of piperidine rings is 1. The minimum Gasteiger partial charge on any atom is -0.384 e. The maximum atomic E-state index is 13.5. The van der Waals surface area contributed by atoms with E-state index < -0.39 is 23.3 Å². The third-order valence-electron chi connectivity index (χ3n) is 6.56. The van der Waals surface area contributed by atoms with Gasteiger partial charge in [0.25, 0.3) is 0 Å². The van der Waals surface area contributed by atoms with Crippen LogP contribution in [-0.2, 0) is 0 Å². The van der Waals surface area contributed by atoms with E-state index in [2.05, 4.69) is 39.7 Å². The molecule has 184 valence electrons. The summed E-state index contributed by atoms with van der Waals surface area (Å²) in [6.45, 7) is 4.76. The molecule has 1 unspecified atom stereocenters. The van der Waals surface area contributed by atoms with E-state index in [9.17, 15) is 18.0 Å². The van der Waals surface area contributed by atoms with Crippen LogP contribution >= 0.6 is 0 Å². The summed E-state index contributed by atoms with van der Waals surface area (Å²) in [7, 11) is 0. The number of amides is 2. The predicted molar refractivity (Wildman–Crippen MR) is 123 cm³/mol. The lowest BCUT2D eigenvalue weighted by Gasteiger charge is -2.46. The number of carbonyl (C=O) groups excluding carboxylic acids is 1. The number of halogens is 3. The van der Waals surface area contributed by atoms with Crippen LogP contribution in [-0.4, -0.2) is 62.7 Å². The zero-order chi connectivity index (χ0) is 24.7. The second-order valence-electron chi connectivity index (χ2n) is 9.62. The van der Waals surface area contributed by atoms with Crippen LogP contribution in [0.5, 0.6) is 0 Å². The highest BCUT2D eigenvalue weighted by atomic mass is 19.4. The Hall–Kier alpha value is -3.15. The number of aromatic nitrogens is 3. The van der Waals surface area contributed by atoms with Crippen LogP contribution in [0, 0.1) is 11.3 Å². The zero-order valence-corrected chi connectivity index (χ0v) is 19.1. The maximum absolute atomic E-state index is 13.5. The average Bonchev–Trinajstić information content (AvgIpc) is 3.35. The van der Waals surface area contributed by atoms with Crippen LogP contribution in [0.3, 0.4) is 0 Å². The van der Waals surface area contributed by atoms with Gasteiger partial charge in [-0.2, -0.15) is 18.3 Å². The standard InChI is InChI=1S/C22H29F3N8O/c1-13(2)9-28-15-7-16(29-10-14(15)8-26)18-17(11-30-32-18)31-19(34)33-6-5-21(27,22(23,24)25)12-20(33)3-4-20/h7-8,10-11,13,26H,3-6,9,12,27H2,1-2H3,(H,28,29)(H,30,32)(H,31,34). The normalized spacial score (nSPS) is 21.6. The highest BCUT2D eigenvalue weighted by Crippen LogP contribution is 2.54. The highest BCUT2D eigenvalue weighted by Gasteiger charge is 2.64. The molecule has 1 aliphatic heterocycles. The summed E-state index contributed by atoms with van der Waals surface area (Å²) in [4.78, 5) is 19.0. The first-order chi connectivity index (χ1) is 16.0. The number of hydrogen-bond donors (Lipinski definition) is 5. The number of nitrogens with one attached hydrogen (secondary N) is 4. The fraction of sp³-hybridized carbons (Fsp3) is 0.545. The summed E-state index contributed by atoms with van der Waals surface area (Å²) < 4.78 is 40.4. The zero-order valence-electron chi connectivity index (χ0n) is 19.1. The minimum absolute atomic E-state index is 0.0788. The Labute approximate surface area is 195 Å².